The highest BCUT2D eigenvalue weighted by molar-refractivity contribution is 5.87. The molecule has 0 unspecified atom stereocenters. The lowest BCUT2D eigenvalue weighted by molar-refractivity contribution is 0.0697. The SMILES string of the molecule is CN(CCOc1ccc(C(=O)O)cc1)CC1CCCC1. The van der Waals surface area contributed by atoms with Crippen LogP contribution in [-0.2, 0) is 0 Å². The molecule has 1 aliphatic rings. The Kier molecular flexibility index (Phi) is 5.41. The third kappa shape index (κ3) is 4.53. The minimum atomic E-state index is -0.909. The van der Waals surface area contributed by atoms with Crippen LogP contribution in [0.25, 0.3) is 0 Å². The second kappa shape index (κ2) is 7.29. The Labute approximate surface area is 120 Å². The van der Waals surface area contributed by atoms with Crippen molar-refractivity contribution in [3.8, 4) is 5.75 Å². The molecule has 20 heavy (non-hydrogen) atoms. The molecular weight excluding hydrogens is 254 g/mol. The first kappa shape index (κ1) is 14.9. The lowest BCUT2D eigenvalue weighted by Gasteiger charge is -2.20. The molecule has 1 aliphatic carbocycles. The number of carboxylic acids is 1. The molecule has 0 aromatic heterocycles. The van der Waals surface area contributed by atoms with Crippen molar-refractivity contribution in [3.63, 3.8) is 0 Å². The highest BCUT2D eigenvalue weighted by Crippen LogP contribution is 2.25. The van der Waals surface area contributed by atoms with E-state index in [0.29, 0.717) is 6.61 Å². The molecule has 0 amide bonds. The van der Waals surface area contributed by atoms with Crippen LogP contribution in [0, 0.1) is 5.92 Å². The zero-order valence-corrected chi connectivity index (χ0v) is 12.0. The van der Waals surface area contributed by atoms with E-state index < -0.39 is 5.97 Å². The highest BCUT2D eigenvalue weighted by Gasteiger charge is 2.16. The topological polar surface area (TPSA) is 49.8 Å². The summed E-state index contributed by atoms with van der Waals surface area (Å²) < 4.78 is 5.64. The molecule has 0 bridgehead atoms. The van der Waals surface area contributed by atoms with Gasteiger partial charge in [-0.2, -0.15) is 0 Å². The predicted octanol–water partition coefficient (Wildman–Crippen LogP) is 2.89. The van der Waals surface area contributed by atoms with Crippen molar-refractivity contribution >= 4 is 5.97 Å². The summed E-state index contributed by atoms with van der Waals surface area (Å²) >= 11 is 0. The predicted molar refractivity (Wildman–Crippen MR) is 78.4 cm³/mol. The molecule has 0 aliphatic heterocycles. The number of aromatic carboxylic acids is 1. The maximum Gasteiger partial charge on any atom is 0.335 e. The Morgan fingerprint density at radius 2 is 1.95 bits per heavy atom. The number of nitrogens with zero attached hydrogens (tertiary/aromatic N) is 1. The summed E-state index contributed by atoms with van der Waals surface area (Å²) in [6, 6.07) is 6.56. The molecule has 2 rings (SSSR count). The first-order valence-corrected chi connectivity index (χ1v) is 7.30. The van der Waals surface area contributed by atoms with Gasteiger partial charge in [0.1, 0.15) is 12.4 Å². The molecule has 0 atom stereocenters. The second-order valence-corrected chi connectivity index (χ2v) is 5.59. The zero-order chi connectivity index (χ0) is 14.4. The van der Waals surface area contributed by atoms with E-state index in [1.165, 1.54) is 25.7 Å². The van der Waals surface area contributed by atoms with Crippen LogP contribution in [0.15, 0.2) is 24.3 Å². The number of ether oxygens (including phenoxy) is 1. The van der Waals surface area contributed by atoms with Crippen molar-refractivity contribution < 1.29 is 14.6 Å². The van der Waals surface area contributed by atoms with Gasteiger partial charge in [0.25, 0.3) is 0 Å². The highest BCUT2D eigenvalue weighted by atomic mass is 16.5. The standard InChI is InChI=1S/C16H23NO3/c1-17(12-13-4-2-3-5-13)10-11-20-15-8-6-14(7-9-15)16(18)19/h6-9,13H,2-5,10-12H2,1H3,(H,18,19). The van der Waals surface area contributed by atoms with E-state index in [9.17, 15) is 4.79 Å². The largest absolute Gasteiger partial charge is 0.492 e. The first-order valence-electron chi connectivity index (χ1n) is 7.30. The molecule has 1 aromatic carbocycles. The first-order chi connectivity index (χ1) is 9.65. The van der Waals surface area contributed by atoms with Gasteiger partial charge in [0.2, 0.25) is 0 Å². The summed E-state index contributed by atoms with van der Waals surface area (Å²) in [6.45, 7) is 2.69. The van der Waals surface area contributed by atoms with Crippen molar-refractivity contribution in [1.82, 2.24) is 4.90 Å². The molecule has 0 saturated heterocycles. The molecule has 0 radical (unpaired) electrons. The molecule has 4 heteroatoms. The fraction of sp³-hybridized carbons (Fsp3) is 0.562. The average Bonchev–Trinajstić information content (AvgIpc) is 2.92. The molecule has 1 aromatic rings. The van der Waals surface area contributed by atoms with Gasteiger partial charge in [0.15, 0.2) is 0 Å². The monoisotopic (exact) mass is 277 g/mol. The minimum absolute atomic E-state index is 0.288. The number of hydrogen-bond acceptors (Lipinski definition) is 3. The Morgan fingerprint density at radius 1 is 1.30 bits per heavy atom. The maximum atomic E-state index is 10.7. The normalized spacial score (nSPS) is 15.7. The van der Waals surface area contributed by atoms with E-state index in [1.807, 2.05) is 0 Å². The van der Waals surface area contributed by atoms with Gasteiger partial charge in [0, 0.05) is 13.1 Å². The zero-order valence-electron chi connectivity index (χ0n) is 12.0. The van der Waals surface area contributed by atoms with Gasteiger partial charge in [-0.25, -0.2) is 4.79 Å². The fourth-order valence-corrected chi connectivity index (χ4v) is 2.74. The minimum Gasteiger partial charge on any atom is -0.492 e. The Bertz CT molecular complexity index is 424. The van der Waals surface area contributed by atoms with Crippen molar-refractivity contribution in [1.29, 1.82) is 0 Å². The number of benzene rings is 1. The molecule has 110 valence electrons. The molecule has 1 N–H and O–H groups in total. The number of likely N-dealkylation sites (N-methyl/N-ethyl adjacent to an activating group) is 1. The van der Waals surface area contributed by atoms with Gasteiger partial charge < -0.3 is 14.7 Å². The van der Waals surface area contributed by atoms with E-state index in [0.717, 1.165) is 24.8 Å². The Morgan fingerprint density at radius 3 is 2.55 bits per heavy atom. The van der Waals surface area contributed by atoms with Crippen LogP contribution in [0.3, 0.4) is 0 Å². The summed E-state index contributed by atoms with van der Waals surface area (Å²) in [5.74, 6) is 0.673. The molecule has 1 saturated carbocycles. The van der Waals surface area contributed by atoms with Crippen LogP contribution < -0.4 is 4.74 Å². The van der Waals surface area contributed by atoms with Crippen molar-refractivity contribution in [2.75, 3.05) is 26.7 Å². The van der Waals surface area contributed by atoms with Crippen LogP contribution >= 0.6 is 0 Å². The lowest BCUT2D eigenvalue weighted by atomic mass is 10.1. The van der Waals surface area contributed by atoms with Crippen LogP contribution in [0.5, 0.6) is 5.75 Å². The van der Waals surface area contributed by atoms with Gasteiger partial charge in [-0.05, 0) is 50.1 Å². The van der Waals surface area contributed by atoms with Gasteiger partial charge in [0.05, 0.1) is 5.56 Å². The smallest absolute Gasteiger partial charge is 0.335 e. The number of carbonyl (C=O) groups is 1. The molecular formula is C16H23NO3. The summed E-state index contributed by atoms with van der Waals surface area (Å²) in [4.78, 5) is 13.1. The van der Waals surface area contributed by atoms with Gasteiger partial charge in [-0.15, -0.1) is 0 Å². The molecule has 0 heterocycles. The van der Waals surface area contributed by atoms with Crippen molar-refractivity contribution in [3.05, 3.63) is 29.8 Å². The third-order valence-corrected chi connectivity index (χ3v) is 3.89. The number of rotatable bonds is 7. The molecule has 4 nitrogen and oxygen atoms in total. The second-order valence-electron chi connectivity index (χ2n) is 5.59. The summed E-state index contributed by atoms with van der Waals surface area (Å²) in [5, 5.41) is 8.81. The third-order valence-electron chi connectivity index (χ3n) is 3.89. The van der Waals surface area contributed by atoms with Gasteiger partial charge >= 0.3 is 5.97 Å². The lowest BCUT2D eigenvalue weighted by Crippen LogP contribution is -2.28. The fourth-order valence-electron chi connectivity index (χ4n) is 2.74. The summed E-state index contributed by atoms with van der Waals surface area (Å²) in [6.07, 6.45) is 5.49. The van der Waals surface area contributed by atoms with Crippen molar-refractivity contribution in [2.45, 2.75) is 25.7 Å². The molecule has 0 spiro atoms. The van der Waals surface area contributed by atoms with E-state index in [2.05, 4.69) is 11.9 Å². The Balaban J connectivity index is 1.68. The summed E-state index contributed by atoms with van der Waals surface area (Å²) in [7, 11) is 2.13. The van der Waals surface area contributed by atoms with Gasteiger partial charge in [-0.3, -0.25) is 0 Å². The molecule has 1 fully saturated rings. The summed E-state index contributed by atoms with van der Waals surface area (Å²) in [5.41, 5.74) is 0.288. The van der Waals surface area contributed by atoms with E-state index in [4.69, 9.17) is 9.84 Å². The van der Waals surface area contributed by atoms with Gasteiger partial charge in [-0.1, -0.05) is 12.8 Å². The van der Waals surface area contributed by atoms with E-state index in [1.54, 1.807) is 24.3 Å². The van der Waals surface area contributed by atoms with Crippen LogP contribution in [-0.4, -0.2) is 42.7 Å². The van der Waals surface area contributed by atoms with Crippen LogP contribution in [0.4, 0.5) is 0 Å². The number of hydrogen-bond donors (Lipinski definition) is 1. The van der Waals surface area contributed by atoms with Crippen LogP contribution in [0.1, 0.15) is 36.0 Å². The average molecular weight is 277 g/mol. The Hall–Kier alpha value is -1.55. The van der Waals surface area contributed by atoms with E-state index in [-0.39, 0.29) is 5.56 Å². The van der Waals surface area contributed by atoms with Crippen LogP contribution in [0.2, 0.25) is 0 Å². The van der Waals surface area contributed by atoms with Crippen molar-refractivity contribution in [2.24, 2.45) is 5.92 Å². The van der Waals surface area contributed by atoms with E-state index >= 15 is 0 Å². The quantitative estimate of drug-likeness (QED) is 0.832. The number of carboxylic acid groups (broad SMARTS) is 1. The maximum absolute atomic E-state index is 10.7.